The summed E-state index contributed by atoms with van der Waals surface area (Å²) in [4.78, 5) is 0. The fourth-order valence-corrected chi connectivity index (χ4v) is 2.09. The second kappa shape index (κ2) is 5.16. The molecule has 2 aromatic rings. The van der Waals surface area contributed by atoms with Crippen LogP contribution in [-0.2, 0) is 0 Å². The Bertz CT molecular complexity index is 602. The van der Waals surface area contributed by atoms with Crippen LogP contribution in [0.4, 0.5) is 21.5 Å². The van der Waals surface area contributed by atoms with Gasteiger partial charge in [0.2, 0.25) is 0 Å². The van der Waals surface area contributed by atoms with E-state index in [1.54, 1.807) is 18.2 Å². The third-order valence-electron chi connectivity index (χ3n) is 2.54. The summed E-state index contributed by atoms with van der Waals surface area (Å²) in [5.74, 6) is -0.306. The Morgan fingerprint density at radius 3 is 2.67 bits per heavy atom. The van der Waals surface area contributed by atoms with Crippen molar-refractivity contribution in [3.63, 3.8) is 0 Å². The Balaban J connectivity index is 2.40. The predicted octanol–water partition coefficient (Wildman–Crippen LogP) is 4.88. The van der Waals surface area contributed by atoms with Crippen molar-refractivity contribution >= 4 is 44.6 Å². The van der Waals surface area contributed by atoms with E-state index < -0.39 is 0 Å². The van der Waals surface area contributed by atoms with Gasteiger partial charge < -0.3 is 11.1 Å². The molecule has 5 heteroatoms. The molecule has 0 radical (unpaired) electrons. The van der Waals surface area contributed by atoms with E-state index in [-0.39, 0.29) is 5.82 Å². The van der Waals surface area contributed by atoms with E-state index in [1.165, 1.54) is 12.1 Å². The number of hydrogen-bond donors (Lipinski definition) is 2. The minimum atomic E-state index is -0.306. The zero-order valence-electron chi connectivity index (χ0n) is 9.60. The monoisotopic (exact) mass is 328 g/mol. The molecule has 0 saturated heterocycles. The second-order valence-electron chi connectivity index (χ2n) is 3.94. The van der Waals surface area contributed by atoms with Crippen LogP contribution < -0.4 is 11.1 Å². The largest absolute Gasteiger partial charge is 0.398 e. The second-order valence-corrected chi connectivity index (χ2v) is 5.20. The van der Waals surface area contributed by atoms with E-state index in [0.717, 1.165) is 15.7 Å². The number of benzene rings is 2. The van der Waals surface area contributed by atoms with Gasteiger partial charge in [0.25, 0.3) is 0 Å². The van der Waals surface area contributed by atoms with E-state index in [1.807, 2.05) is 6.92 Å². The first kappa shape index (κ1) is 13.2. The lowest BCUT2D eigenvalue weighted by Gasteiger charge is -2.13. The van der Waals surface area contributed by atoms with Gasteiger partial charge >= 0.3 is 0 Å². The molecule has 94 valence electrons. The van der Waals surface area contributed by atoms with Gasteiger partial charge in [0.05, 0.1) is 16.4 Å². The summed E-state index contributed by atoms with van der Waals surface area (Å²) in [6.07, 6.45) is 0. The molecule has 0 amide bonds. The molecular formula is C13H11BrClFN2. The molecule has 0 fully saturated rings. The van der Waals surface area contributed by atoms with Gasteiger partial charge in [-0.3, -0.25) is 0 Å². The van der Waals surface area contributed by atoms with Crippen molar-refractivity contribution in [1.29, 1.82) is 0 Å². The predicted molar refractivity (Wildman–Crippen MR) is 78.0 cm³/mol. The van der Waals surface area contributed by atoms with Crippen LogP contribution in [0.5, 0.6) is 0 Å². The molecule has 0 heterocycles. The van der Waals surface area contributed by atoms with E-state index in [0.29, 0.717) is 16.4 Å². The highest BCUT2D eigenvalue weighted by Gasteiger charge is 2.07. The van der Waals surface area contributed by atoms with Gasteiger partial charge in [-0.2, -0.15) is 0 Å². The molecule has 18 heavy (non-hydrogen) atoms. The number of rotatable bonds is 2. The summed E-state index contributed by atoms with van der Waals surface area (Å²) in [5.41, 5.74) is 8.60. The topological polar surface area (TPSA) is 38.0 Å². The van der Waals surface area contributed by atoms with Gasteiger partial charge in [-0.1, -0.05) is 11.6 Å². The summed E-state index contributed by atoms with van der Waals surface area (Å²) in [5, 5.41) is 3.59. The summed E-state index contributed by atoms with van der Waals surface area (Å²) >= 11 is 9.33. The third-order valence-corrected chi connectivity index (χ3v) is 3.56. The number of anilines is 3. The van der Waals surface area contributed by atoms with Gasteiger partial charge in [0, 0.05) is 10.2 Å². The standard InChI is InChI=1S/C13H11BrClFN2/c1-7-4-11(17)10(15)6-12(7)18-13-5-8(16)2-3-9(13)14/h2-6,18H,17H2,1H3. The fraction of sp³-hybridized carbons (Fsp3) is 0.0769. The molecule has 0 aliphatic carbocycles. The number of nitrogen functional groups attached to an aromatic ring is 1. The molecule has 0 saturated carbocycles. The van der Waals surface area contributed by atoms with Crippen molar-refractivity contribution in [3.8, 4) is 0 Å². The lowest BCUT2D eigenvalue weighted by Crippen LogP contribution is -1.97. The van der Waals surface area contributed by atoms with Crippen LogP contribution in [0.1, 0.15) is 5.56 Å². The van der Waals surface area contributed by atoms with E-state index in [2.05, 4.69) is 21.2 Å². The van der Waals surface area contributed by atoms with Crippen molar-refractivity contribution in [3.05, 3.63) is 51.2 Å². The maximum absolute atomic E-state index is 13.2. The highest BCUT2D eigenvalue weighted by Crippen LogP contribution is 2.32. The number of nitrogens with two attached hydrogens (primary N) is 1. The normalized spacial score (nSPS) is 10.4. The fourth-order valence-electron chi connectivity index (χ4n) is 1.58. The molecule has 2 rings (SSSR count). The molecule has 0 aliphatic rings. The Morgan fingerprint density at radius 2 is 1.94 bits per heavy atom. The average molecular weight is 330 g/mol. The van der Waals surface area contributed by atoms with Crippen LogP contribution in [0, 0.1) is 12.7 Å². The first-order valence-electron chi connectivity index (χ1n) is 5.25. The highest BCUT2D eigenvalue weighted by atomic mass is 79.9. The Kier molecular flexibility index (Phi) is 3.78. The van der Waals surface area contributed by atoms with Crippen molar-refractivity contribution < 1.29 is 4.39 Å². The number of hydrogen-bond acceptors (Lipinski definition) is 2. The van der Waals surface area contributed by atoms with Gasteiger partial charge in [-0.15, -0.1) is 0 Å². The summed E-state index contributed by atoms with van der Waals surface area (Å²) in [6.45, 7) is 1.90. The van der Waals surface area contributed by atoms with Crippen LogP contribution in [0.25, 0.3) is 0 Å². The highest BCUT2D eigenvalue weighted by molar-refractivity contribution is 9.10. The molecule has 3 N–H and O–H groups in total. The number of halogens is 3. The Morgan fingerprint density at radius 1 is 1.22 bits per heavy atom. The Labute approximate surface area is 118 Å². The van der Waals surface area contributed by atoms with Gasteiger partial charge in [-0.25, -0.2) is 4.39 Å². The summed E-state index contributed by atoms with van der Waals surface area (Å²) in [7, 11) is 0. The molecule has 0 bridgehead atoms. The van der Waals surface area contributed by atoms with E-state index >= 15 is 0 Å². The van der Waals surface area contributed by atoms with Crippen LogP contribution >= 0.6 is 27.5 Å². The molecule has 2 nitrogen and oxygen atoms in total. The zero-order valence-corrected chi connectivity index (χ0v) is 11.9. The van der Waals surface area contributed by atoms with E-state index in [9.17, 15) is 4.39 Å². The zero-order chi connectivity index (χ0) is 13.3. The molecule has 0 atom stereocenters. The smallest absolute Gasteiger partial charge is 0.125 e. The van der Waals surface area contributed by atoms with Crippen LogP contribution in [0.2, 0.25) is 5.02 Å². The number of aryl methyl sites for hydroxylation is 1. The van der Waals surface area contributed by atoms with Gasteiger partial charge in [0.15, 0.2) is 0 Å². The van der Waals surface area contributed by atoms with Crippen molar-refractivity contribution in [1.82, 2.24) is 0 Å². The first-order valence-corrected chi connectivity index (χ1v) is 6.42. The number of nitrogens with one attached hydrogen (secondary N) is 1. The first-order chi connectivity index (χ1) is 8.47. The van der Waals surface area contributed by atoms with E-state index in [4.69, 9.17) is 17.3 Å². The average Bonchev–Trinajstić information content (AvgIpc) is 2.30. The quantitative estimate of drug-likeness (QED) is 0.771. The molecular weight excluding hydrogens is 319 g/mol. The summed E-state index contributed by atoms with van der Waals surface area (Å²) in [6, 6.07) is 7.94. The lowest BCUT2D eigenvalue weighted by atomic mass is 10.1. The van der Waals surface area contributed by atoms with Crippen molar-refractivity contribution in [2.75, 3.05) is 11.1 Å². The molecule has 0 aromatic heterocycles. The molecule has 0 unspecified atom stereocenters. The maximum Gasteiger partial charge on any atom is 0.125 e. The Hall–Kier alpha value is -1.26. The molecule has 0 aliphatic heterocycles. The molecule has 2 aromatic carbocycles. The minimum Gasteiger partial charge on any atom is -0.398 e. The maximum atomic E-state index is 13.2. The van der Waals surface area contributed by atoms with Crippen molar-refractivity contribution in [2.45, 2.75) is 6.92 Å². The van der Waals surface area contributed by atoms with Gasteiger partial charge in [-0.05, 0) is 58.7 Å². The molecule has 0 spiro atoms. The third kappa shape index (κ3) is 2.76. The van der Waals surface area contributed by atoms with Crippen molar-refractivity contribution in [2.24, 2.45) is 0 Å². The SMILES string of the molecule is Cc1cc(N)c(Cl)cc1Nc1cc(F)ccc1Br. The summed E-state index contributed by atoms with van der Waals surface area (Å²) < 4.78 is 14.0. The van der Waals surface area contributed by atoms with Crippen LogP contribution in [0.15, 0.2) is 34.8 Å². The van der Waals surface area contributed by atoms with Gasteiger partial charge in [0.1, 0.15) is 5.82 Å². The minimum absolute atomic E-state index is 0.306. The lowest BCUT2D eigenvalue weighted by molar-refractivity contribution is 0.628. The van der Waals surface area contributed by atoms with Crippen LogP contribution in [0.3, 0.4) is 0 Å². The van der Waals surface area contributed by atoms with Crippen LogP contribution in [-0.4, -0.2) is 0 Å².